The number of hydrogen-bond donors (Lipinski definition) is 1. The molecule has 3 heteroatoms. The molecule has 2 rings (SSSR count). The molecule has 0 aliphatic heterocycles. The third kappa shape index (κ3) is 2.53. The highest BCUT2D eigenvalue weighted by molar-refractivity contribution is 5.16. The monoisotopic (exact) mass is 208 g/mol. The van der Waals surface area contributed by atoms with Crippen molar-refractivity contribution >= 4 is 0 Å². The van der Waals surface area contributed by atoms with Crippen molar-refractivity contribution in [2.45, 2.75) is 38.1 Å². The molecule has 1 aliphatic carbocycles. The molecule has 0 bridgehead atoms. The minimum atomic E-state index is -0.275. The van der Waals surface area contributed by atoms with Crippen LogP contribution in [0.1, 0.15) is 43.7 Å². The third-order valence-corrected chi connectivity index (χ3v) is 3.27. The van der Waals surface area contributed by atoms with E-state index in [9.17, 15) is 4.39 Å². The van der Waals surface area contributed by atoms with Crippen LogP contribution in [0.25, 0.3) is 0 Å². The molecule has 0 radical (unpaired) electrons. The maximum Gasteiger partial charge on any atom is 0.146 e. The first kappa shape index (κ1) is 10.6. The predicted octanol–water partition coefficient (Wildman–Crippen LogP) is 2.80. The Morgan fingerprint density at radius 2 is 2.20 bits per heavy atom. The van der Waals surface area contributed by atoms with Crippen LogP contribution in [0.4, 0.5) is 4.39 Å². The summed E-state index contributed by atoms with van der Waals surface area (Å²) < 4.78 is 13.4. The second-order valence-corrected chi connectivity index (χ2v) is 4.39. The van der Waals surface area contributed by atoms with E-state index in [0.29, 0.717) is 11.5 Å². The molecule has 1 aromatic heterocycles. The summed E-state index contributed by atoms with van der Waals surface area (Å²) in [4.78, 5) is 3.73. The second kappa shape index (κ2) is 4.71. The van der Waals surface area contributed by atoms with Crippen molar-refractivity contribution in [3.8, 4) is 0 Å². The fourth-order valence-electron chi connectivity index (χ4n) is 2.42. The maximum absolute atomic E-state index is 13.4. The Labute approximate surface area is 89.7 Å². The highest BCUT2D eigenvalue weighted by Gasteiger charge is 2.20. The molecule has 1 aromatic rings. The van der Waals surface area contributed by atoms with Crippen molar-refractivity contribution in [3.05, 3.63) is 29.8 Å². The summed E-state index contributed by atoms with van der Waals surface area (Å²) in [6.45, 7) is 0. The Morgan fingerprint density at radius 1 is 1.47 bits per heavy atom. The first-order valence-corrected chi connectivity index (χ1v) is 5.62. The standard InChI is InChI=1S/C12H17FN2/c13-11-8-15-6-5-10(11)12(14)7-9-3-1-2-4-9/h5-6,8-9,12H,1-4,7,14H2. The van der Waals surface area contributed by atoms with E-state index in [1.807, 2.05) is 0 Å². The van der Waals surface area contributed by atoms with Gasteiger partial charge in [0, 0.05) is 17.8 Å². The number of halogens is 1. The zero-order valence-electron chi connectivity index (χ0n) is 8.82. The molecule has 0 aromatic carbocycles. The summed E-state index contributed by atoms with van der Waals surface area (Å²) in [5, 5.41) is 0. The lowest BCUT2D eigenvalue weighted by atomic mass is 9.94. The average Bonchev–Trinajstić information content (AvgIpc) is 2.71. The summed E-state index contributed by atoms with van der Waals surface area (Å²) >= 11 is 0. The molecule has 1 heterocycles. The Kier molecular flexibility index (Phi) is 3.31. The van der Waals surface area contributed by atoms with Crippen LogP contribution in [0.5, 0.6) is 0 Å². The average molecular weight is 208 g/mol. The van der Waals surface area contributed by atoms with Gasteiger partial charge in [0.1, 0.15) is 5.82 Å². The van der Waals surface area contributed by atoms with Gasteiger partial charge in [-0.25, -0.2) is 4.39 Å². The summed E-state index contributed by atoms with van der Waals surface area (Å²) in [6, 6.07) is 1.52. The van der Waals surface area contributed by atoms with Crippen molar-refractivity contribution < 1.29 is 4.39 Å². The Balaban J connectivity index is 2.00. The van der Waals surface area contributed by atoms with Gasteiger partial charge in [-0.2, -0.15) is 0 Å². The third-order valence-electron chi connectivity index (χ3n) is 3.27. The van der Waals surface area contributed by atoms with Gasteiger partial charge in [0.15, 0.2) is 0 Å². The van der Waals surface area contributed by atoms with Gasteiger partial charge in [-0.15, -0.1) is 0 Å². The highest BCUT2D eigenvalue weighted by atomic mass is 19.1. The highest BCUT2D eigenvalue weighted by Crippen LogP contribution is 2.32. The van der Waals surface area contributed by atoms with Crippen LogP contribution in [0, 0.1) is 11.7 Å². The van der Waals surface area contributed by atoms with Crippen LogP contribution in [0.2, 0.25) is 0 Å². The predicted molar refractivity (Wildman–Crippen MR) is 57.7 cm³/mol. The normalized spacial score (nSPS) is 19.3. The summed E-state index contributed by atoms with van der Waals surface area (Å²) in [6.07, 6.45) is 8.85. The first-order valence-electron chi connectivity index (χ1n) is 5.62. The smallest absolute Gasteiger partial charge is 0.146 e. The number of aromatic nitrogens is 1. The molecule has 0 amide bonds. The van der Waals surface area contributed by atoms with E-state index >= 15 is 0 Å². The molecule has 0 saturated heterocycles. The molecule has 1 unspecified atom stereocenters. The van der Waals surface area contributed by atoms with E-state index in [1.54, 1.807) is 12.3 Å². The van der Waals surface area contributed by atoms with Gasteiger partial charge in [-0.05, 0) is 18.4 Å². The fourth-order valence-corrected chi connectivity index (χ4v) is 2.42. The Bertz CT molecular complexity index is 321. The van der Waals surface area contributed by atoms with Crippen LogP contribution >= 0.6 is 0 Å². The molecule has 15 heavy (non-hydrogen) atoms. The Hall–Kier alpha value is -0.960. The summed E-state index contributed by atoms with van der Waals surface area (Å²) in [5.41, 5.74) is 6.62. The topological polar surface area (TPSA) is 38.9 Å². The molecule has 2 nitrogen and oxygen atoms in total. The van der Waals surface area contributed by atoms with Crippen LogP contribution in [0.15, 0.2) is 18.5 Å². The van der Waals surface area contributed by atoms with Crippen molar-refractivity contribution in [1.82, 2.24) is 4.98 Å². The molecular formula is C12H17FN2. The van der Waals surface area contributed by atoms with Crippen molar-refractivity contribution in [2.75, 3.05) is 0 Å². The lowest BCUT2D eigenvalue weighted by Crippen LogP contribution is -2.15. The maximum atomic E-state index is 13.4. The van der Waals surface area contributed by atoms with Crippen molar-refractivity contribution in [2.24, 2.45) is 11.7 Å². The van der Waals surface area contributed by atoms with Gasteiger partial charge in [-0.3, -0.25) is 4.98 Å². The van der Waals surface area contributed by atoms with E-state index in [-0.39, 0.29) is 11.9 Å². The number of nitrogens with two attached hydrogens (primary N) is 1. The van der Waals surface area contributed by atoms with Crippen LogP contribution in [0.3, 0.4) is 0 Å². The molecule has 2 N–H and O–H groups in total. The van der Waals surface area contributed by atoms with E-state index in [0.717, 1.165) is 6.42 Å². The quantitative estimate of drug-likeness (QED) is 0.829. The Morgan fingerprint density at radius 3 is 2.87 bits per heavy atom. The summed E-state index contributed by atoms with van der Waals surface area (Å²) in [5.74, 6) is 0.413. The van der Waals surface area contributed by atoms with Crippen LogP contribution in [-0.2, 0) is 0 Å². The minimum absolute atomic E-state index is 0.170. The van der Waals surface area contributed by atoms with Crippen LogP contribution < -0.4 is 5.73 Å². The first-order chi connectivity index (χ1) is 7.27. The molecular weight excluding hydrogens is 191 g/mol. The van der Waals surface area contributed by atoms with E-state index in [4.69, 9.17) is 5.73 Å². The number of nitrogens with zero attached hydrogens (tertiary/aromatic N) is 1. The fraction of sp³-hybridized carbons (Fsp3) is 0.583. The summed E-state index contributed by atoms with van der Waals surface area (Å²) in [7, 11) is 0. The molecule has 82 valence electrons. The lowest BCUT2D eigenvalue weighted by Gasteiger charge is -2.16. The van der Waals surface area contributed by atoms with E-state index in [2.05, 4.69) is 4.98 Å². The van der Waals surface area contributed by atoms with Gasteiger partial charge in [0.25, 0.3) is 0 Å². The largest absolute Gasteiger partial charge is 0.324 e. The van der Waals surface area contributed by atoms with E-state index < -0.39 is 0 Å². The number of rotatable bonds is 3. The van der Waals surface area contributed by atoms with Crippen LogP contribution in [-0.4, -0.2) is 4.98 Å². The molecule has 1 saturated carbocycles. The van der Waals surface area contributed by atoms with Gasteiger partial charge < -0.3 is 5.73 Å². The number of pyridine rings is 1. The SMILES string of the molecule is NC(CC1CCCC1)c1ccncc1F. The molecule has 0 spiro atoms. The molecule has 1 aliphatic rings. The second-order valence-electron chi connectivity index (χ2n) is 4.39. The molecule has 1 fully saturated rings. The zero-order chi connectivity index (χ0) is 10.7. The van der Waals surface area contributed by atoms with Gasteiger partial charge in [0.05, 0.1) is 6.20 Å². The van der Waals surface area contributed by atoms with Gasteiger partial charge >= 0.3 is 0 Å². The number of hydrogen-bond acceptors (Lipinski definition) is 2. The molecule has 1 atom stereocenters. The zero-order valence-corrected chi connectivity index (χ0v) is 8.82. The van der Waals surface area contributed by atoms with Gasteiger partial charge in [-0.1, -0.05) is 25.7 Å². The van der Waals surface area contributed by atoms with Crippen molar-refractivity contribution in [1.29, 1.82) is 0 Å². The lowest BCUT2D eigenvalue weighted by molar-refractivity contribution is 0.439. The van der Waals surface area contributed by atoms with Crippen molar-refractivity contribution in [3.63, 3.8) is 0 Å². The van der Waals surface area contributed by atoms with Gasteiger partial charge in [0.2, 0.25) is 0 Å². The van der Waals surface area contributed by atoms with E-state index in [1.165, 1.54) is 31.9 Å². The minimum Gasteiger partial charge on any atom is -0.324 e.